The molecule has 1 amide bonds. The summed E-state index contributed by atoms with van der Waals surface area (Å²) >= 11 is 6.23. The van der Waals surface area contributed by atoms with Crippen LogP contribution in [0.4, 0.5) is 0 Å². The first-order chi connectivity index (χ1) is 15.3. The summed E-state index contributed by atoms with van der Waals surface area (Å²) in [5.74, 6) is 0.622. The summed E-state index contributed by atoms with van der Waals surface area (Å²) in [6, 6.07) is 11.0. The molecule has 1 unspecified atom stereocenters. The molecule has 10 heteroatoms. The van der Waals surface area contributed by atoms with Gasteiger partial charge in [-0.05, 0) is 37.3 Å². The topological polar surface area (TPSA) is 98.1 Å². The maximum Gasteiger partial charge on any atom is 0.253 e. The summed E-state index contributed by atoms with van der Waals surface area (Å²) in [4.78, 5) is 13.0. The molecule has 1 fully saturated rings. The van der Waals surface area contributed by atoms with Crippen LogP contribution in [-0.2, 0) is 14.8 Å². The Morgan fingerprint density at radius 2 is 1.94 bits per heavy atom. The molecular formula is C22H23ClN2O6S. The normalized spacial score (nSPS) is 16.1. The van der Waals surface area contributed by atoms with Gasteiger partial charge in [0, 0.05) is 18.5 Å². The smallest absolute Gasteiger partial charge is 0.253 e. The number of nitrogens with one attached hydrogen (secondary N) is 1. The third-order valence-electron chi connectivity index (χ3n) is 5.31. The van der Waals surface area contributed by atoms with Gasteiger partial charge in [-0.2, -0.15) is 4.31 Å². The molecule has 1 atom stereocenters. The van der Waals surface area contributed by atoms with E-state index in [0.29, 0.717) is 30.3 Å². The van der Waals surface area contributed by atoms with Crippen LogP contribution in [0.3, 0.4) is 0 Å². The Morgan fingerprint density at radius 3 is 2.66 bits per heavy atom. The van der Waals surface area contributed by atoms with Crippen molar-refractivity contribution in [3.05, 3.63) is 58.8 Å². The maximum absolute atomic E-state index is 13.0. The number of morpholine rings is 1. The number of amides is 1. The highest BCUT2D eigenvalue weighted by Gasteiger charge is 2.28. The minimum atomic E-state index is -3.76. The van der Waals surface area contributed by atoms with Crippen LogP contribution in [-0.4, -0.2) is 52.0 Å². The number of halogens is 1. The number of hydrogen-bond acceptors (Lipinski definition) is 6. The lowest BCUT2D eigenvalue weighted by Crippen LogP contribution is -2.40. The molecular weight excluding hydrogens is 456 g/mol. The third-order valence-corrected chi connectivity index (χ3v) is 7.54. The summed E-state index contributed by atoms with van der Waals surface area (Å²) in [6.45, 7) is 2.96. The summed E-state index contributed by atoms with van der Waals surface area (Å²) < 4.78 is 43.7. The molecule has 1 aromatic heterocycles. The molecule has 2 aromatic carbocycles. The molecule has 170 valence electrons. The Morgan fingerprint density at radius 1 is 1.19 bits per heavy atom. The monoisotopic (exact) mass is 478 g/mol. The number of methoxy groups -OCH3 is 1. The Kier molecular flexibility index (Phi) is 6.43. The first-order valence-electron chi connectivity index (χ1n) is 10.1. The number of benzene rings is 2. The third kappa shape index (κ3) is 4.33. The van der Waals surface area contributed by atoms with Crippen molar-refractivity contribution in [1.29, 1.82) is 0 Å². The van der Waals surface area contributed by atoms with E-state index in [-0.39, 0.29) is 28.6 Å². The standard InChI is InChI=1S/C22H23ClN2O6S/c1-14(20-12-15-4-3-5-19(29-2)21(15)31-20)24-22(26)17-13-16(6-7-18(17)23)32(27,28)25-8-10-30-11-9-25/h3-7,12-14H,8-11H2,1-2H3,(H,24,26). The molecule has 0 spiro atoms. The van der Waals surface area contributed by atoms with Crippen LogP contribution in [0.25, 0.3) is 11.0 Å². The lowest BCUT2D eigenvalue weighted by Gasteiger charge is -2.26. The second-order valence-corrected chi connectivity index (χ2v) is 9.73. The number of nitrogens with zero attached hydrogens (tertiary/aromatic N) is 1. The van der Waals surface area contributed by atoms with Gasteiger partial charge in [-0.1, -0.05) is 23.7 Å². The molecule has 0 aliphatic carbocycles. The van der Waals surface area contributed by atoms with Crippen LogP contribution in [0.2, 0.25) is 5.02 Å². The lowest BCUT2D eigenvalue weighted by molar-refractivity contribution is 0.0730. The van der Waals surface area contributed by atoms with Crippen molar-refractivity contribution >= 4 is 38.5 Å². The zero-order valence-corrected chi connectivity index (χ0v) is 19.2. The Balaban J connectivity index is 1.57. The summed E-state index contributed by atoms with van der Waals surface area (Å²) in [6.07, 6.45) is 0. The SMILES string of the molecule is COc1cccc2cc(C(C)NC(=O)c3cc(S(=O)(=O)N4CCOCC4)ccc3Cl)oc12. The molecule has 0 saturated carbocycles. The number of para-hydroxylation sites is 1. The quantitative estimate of drug-likeness (QED) is 0.581. The predicted octanol–water partition coefficient (Wildman–Crippen LogP) is 3.61. The van der Waals surface area contributed by atoms with Gasteiger partial charge in [0.1, 0.15) is 5.76 Å². The highest BCUT2D eigenvalue weighted by Crippen LogP contribution is 2.31. The second-order valence-electron chi connectivity index (χ2n) is 7.38. The molecule has 1 N–H and O–H groups in total. The minimum absolute atomic E-state index is 0.00933. The number of sulfonamides is 1. The molecule has 32 heavy (non-hydrogen) atoms. The zero-order chi connectivity index (χ0) is 22.9. The highest BCUT2D eigenvalue weighted by molar-refractivity contribution is 7.89. The van der Waals surface area contributed by atoms with Crippen molar-refractivity contribution < 1.29 is 27.1 Å². The summed E-state index contributed by atoms with van der Waals surface area (Å²) in [5.41, 5.74) is 0.657. The van der Waals surface area contributed by atoms with Crippen LogP contribution in [0.5, 0.6) is 5.75 Å². The number of carbonyl (C=O) groups excluding carboxylic acids is 1. The maximum atomic E-state index is 13.0. The zero-order valence-electron chi connectivity index (χ0n) is 17.6. The van der Waals surface area contributed by atoms with Gasteiger partial charge in [0.05, 0.1) is 41.8 Å². The van der Waals surface area contributed by atoms with Crippen molar-refractivity contribution in [2.24, 2.45) is 0 Å². The molecule has 0 radical (unpaired) electrons. The first kappa shape index (κ1) is 22.6. The fourth-order valence-electron chi connectivity index (χ4n) is 3.55. The van der Waals surface area contributed by atoms with Crippen LogP contribution < -0.4 is 10.1 Å². The number of carbonyl (C=O) groups is 1. The largest absolute Gasteiger partial charge is 0.493 e. The van der Waals surface area contributed by atoms with Gasteiger partial charge in [0.2, 0.25) is 10.0 Å². The van der Waals surface area contributed by atoms with Crippen molar-refractivity contribution in [2.45, 2.75) is 17.9 Å². The number of rotatable bonds is 6. The van der Waals surface area contributed by atoms with Gasteiger partial charge in [-0.15, -0.1) is 0 Å². The van der Waals surface area contributed by atoms with Gasteiger partial charge in [0.15, 0.2) is 11.3 Å². The highest BCUT2D eigenvalue weighted by atomic mass is 35.5. The van der Waals surface area contributed by atoms with Crippen molar-refractivity contribution in [3.8, 4) is 5.75 Å². The molecule has 1 saturated heterocycles. The van der Waals surface area contributed by atoms with Crippen molar-refractivity contribution in [3.63, 3.8) is 0 Å². The lowest BCUT2D eigenvalue weighted by atomic mass is 10.1. The summed E-state index contributed by atoms with van der Waals surface area (Å²) in [7, 11) is -2.20. The predicted molar refractivity (Wildman–Crippen MR) is 120 cm³/mol. The Bertz CT molecular complexity index is 1250. The van der Waals surface area contributed by atoms with E-state index in [1.807, 2.05) is 18.2 Å². The van der Waals surface area contributed by atoms with Gasteiger partial charge in [-0.3, -0.25) is 4.79 Å². The molecule has 8 nitrogen and oxygen atoms in total. The van der Waals surface area contributed by atoms with Gasteiger partial charge in [-0.25, -0.2) is 8.42 Å². The Labute approximate surface area is 191 Å². The van der Waals surface area contributed by atoms with E-state index in [9.17, 15) is 13.2 Å². The van der Waals surface area contributed by atoms with Gasteiger partial charge in [0.25, 0.3) is 5.91 Å². The van der Waals surface area contributed by atoms with Gasteiger partial charge < -0.3 is 19.2 Å². The number of hydrogen-bond donors (Lipinski definition) is 1. The molecule has 1 aliphatic heterocycles. The van der Waals surface area contributed by atoms with E-state index in [2.05, 4.69) is 5.32 Å². The van der Waals surface area contributed by atoms with E-state index in [1.165, 1.54) is 22.5 Å². The van der Waals surface area contributed by atoms with Crippen molar-refractivity contribution in [2.75, 3.05) is 33.4 Å². The molecule has 3 aromatic rings. The minimum Gasteiger partial charge on any atom is -0.493 e. The van der Waals surface area contributed by atoms with Gasteiger partial charge >= 0.3 is 0 Å². The average molecular weight is 479 g/mol. The fraction of sp³-hybridized carbons (Fsp3) is 0.318. The number of fused-ring (bicyclic) bond motifs is 1. The number of furan rings is 1. The van der Waals surface area contributed by atoms with E-state index < -0.39 is 22.0 Å². The van der Waals surface area contributed by atoms with Crippen LogP contribution in [0, 0.1) is 0 Å². The van der Waals surface area contributed by atoms with Crippen LogP contribution >= 0.6 is 11.6 Å². The average Bonchev–Trinajstić information content (AvgIpc) is 3.24. The second kappa shape index (κ2) is 9.11. The molecule has 1 aliphatic rings. The van der Waals surface area contributed by atoms with E-state index in [4.69, 9.17) is 25.5 Å². The van der Waals surface area contributed by atoms with Crippen LogP contribution in [0.15, 0.2) is 51.8 Å². The van der Waals surface area contributed by atoms with E-state index >= 15 is 0 Å². The van der Waals surface area contributed by atoms with E-state index in [0.717, 1.165) is 5.39 Å². The molecule has 2 heterocycles. The summed E-state index contributed by atoms with van der Waals surface area (Å²) in [5, 5.41) is 3.82. The Hall–Kier alpha value is -2.59. The van der Waals surface area contributed by atoms with E-state index in [1.54, 1.807) is 20.1 Å². The fourth-order valence-corrected chi connectivity index (χ4v) is 5.19. The first-order valence-corrected chi connectivity index (χ1v) is 11.9. The molecule has 0 bridgehead atoms. The molecule has 4 rings (SSSR count). The van der Waals surface area contributed by atoms with Crippen molar-refractivity contribution in [1.82, 2.24) is 9.62 Å². The van der Waals surface area contributed by atoms with Crippen LogP contribution in [0.1, 0.15) is 29.1 Å². The number of ether oxygens (including phenoxy) is 2.